The molecule has 1 rings (SSSR count). The summed E-state index contributed by atoms with van der Waals surface area (Å²) in [7, 11) is 0. The number of hydrogen-bond donors (Lipinski definition) is 1. The number of nitriles is 1. The SMILES string of the molecule is CCC1CC(C(=O)O)C(C(=O)N(CC)CC(C)C#N)C1. The van der Waals surface area contributed by atoms with E-state index in [1.807, 2.05) is 13.8 Å². The number of hydrogen-bond acceptors (Lipinski definition) is 3. The maximum absolute atomic E-state index is 12.6. The van der Waals surface area contributed by atoms with Crippen molar-refractivity contribution < 1.29 is 14.7 Å². The predicted octanol–water partition coefficient (Wildman–Crippen LogP) is 2.13. The summed E-state index contributed by atoms with van der Waals surface area (Å²) in [6, 6.07) is 2.12. The van der Waals surface area contributed by atoms with Crippen LogP contribution in [0.5, 0.6) is 0 Å². The van der Waals surface area contributed by atoms with Gasteiger partial charge in [0.2, 0.25) is 5.91 Å². The third kappa shape index (κ3) is 3.72. The topological polar surface area (TPSA) is 81.4 Å². The molecule has 4 atom stereocenters. The molecular formula is C15H24N2O3. The first-order chi connectivity index (χ1) is 9.44. The van der Waals surface area contributed by atoms with Crippen LogP contribution in [-0.2, 0) is 9.59 Å². The first-order valence-corrected chi connectivity index (χ1v) is 7.35. The molecule has 1 fully saturated rings. The van der Waals surface area contributed by atoms with E-state index in [9.17, 15) is 14.7 Å². The quantitative estimate of drug-likeness (QED) is 0.808. The summed E-state index contributed by atoms with van der Waals surface area (Å²) in [5.74, 6) is -1.88. The van der Waals surface area contributed by atoms with Crippen molar-refractivity contribution in [2.24, 2.45) is 23.7 Å². The van der Waals surface area contributed by atoms with E-state index in [1.165, 1.54) is 0 Å². The number of nitrogens with zero attached hydrogens (tertiary/aromatic N) is 2. The van der Waals surface area contributed by atoms with Crippen LogP contribution in [0.1, 0.15) is 40.0 Å². The molecule has 0 saturated heterocycles. The van der Waals surface area contributed by atoms with Gasteiger partial charge in [0, 0.05) is 13.1 Å². The molecular weight excluding hydrogens is 256 g/mol. The second-order valence-electron chi connectivity index (χ2n) is 5.70. The van der Waals surface area contributed by atoms with Crippen LogP contribution in [0.2, 0.25) is 0 Å². The van der Waals surface area contributed by atoms with Crippen LogP contribution in [0, 0.1) is 35.0 Å². The van der Waals surface area contributed by atoms with Crippen LogP contribution >= 0.6 is 0 Å². The minimum atomic E-state index is -0.872. The van der Waals surface area contributed by atoms with Crippen LogP contribution in [0.15, 0.2) is 0 Å². The van der Waals surface area contributed by atoms with Crippen molar-refractivity contribution in [3.05, 3.63) is 0 Å². The Bertz CT molecular complexity index is 402. The highest BCUT2D eigenvalue weighted by Crippen LogP contribution is 2.39. The summed E-state index contributed by atoms with van der Waals surface area (Å²) >= 11 is 0. The van der Waals surface area contributed by atoms with Crippen molar-refractivity contribution in [1.82, 2.24) is 4.90 Å². The summed E-state index contributed by atoms with van der Waals surface area (Å²) in [5.41, 5.74) is 0. The molecule has 112 valence electrons. The van der Waals surface area contributed by atoms with Gasteiger partial charge in [-0.3, -0.25) is 9.59 Å². The van der Waals surface area contributed by atoms with Crippen LogP contribution < -0.4 is 0 Å². The lowest BCUT2D eigenvalue weighted by molar-refractivity contribution is -0.149. The molecule has 0 aliphatic heterocycles. The van der Waals surface area contributed by atoms with Crippen molar-refractivity contribution >= 4 is 11.9 Å². The Hall–Kier alpha value is -1.57. The fraction of sp³-hybridized carbons (Fsp3) is 0.800. The summed E-state index contributed by atoms with van der Waals surface area (Å²) < 4.78 is 0. The van der Waals surface area contributed by atoms with Crippen molar-refractivity contribution in [3.8, 4) is 6.07 Å². The van der Waals surface area contributed by atoms with E-state index in [2.05, 4.69) is 6.07 Å². The summed E-state index contributed by atoms with van der Waals surface area (Å²) in [5, 5.41) is 18.2. The summed E-state index contributed by atoms with van der Waals surface area (Å²) in [6.45, 7) is 6.57. The molecule has 0 radical (unpaired) electrons. The molecule has 20 heavy (non-hydrogen) atoms. The molecule has 0 aromatic rings. The van der Waals surface area contributed by atoms with Gasteiger partial charge in [-0.1, -0.05) is 13.3 Å². The summed E-state index contributed by atoms with van der Waals surface area (Å²) in [6.07, 6.45) is 2.16. The number of carboxylic acid groups (broad SMARTS) is 1. The van der Waals surface area contributed by atoms with Crippen molar-refractivity contribution in [1.29, 1.82) is 5.26 Å². The first kappa shape index (κ1) is 16.5. The lowest BCUT2D eigenvalue weighted by Gasteiger charge is -2.27. The van der Waals surface area contributed by atoms with Gasteiger partial charge in [-0.15, -0.1) is 0 Å². The maximum atomic E-state index is 12.6. The van der Waals surface area contributed by atoms with E-state index in [4.69, 9.17) is 5.26 Å². The number of rotatable bonds is 6. The van der Waals surface area contributed by atoms with E-state index in [-0.39, 0.29) is 11.8 Å². The maximum Gasteiger partial charge on any atom is 0.307 e. The predicted molar refractivity (Wildman–Crippen MR) is 74.7 cm³/mol. The van der Waals surface area contributed by atoms with Gasteiger partial charge in [0.25, 0.3) is 0 Å². The Morgan fingerprint density at radius 1 is 1.35 bits per heavy atom. The third-order valence-corrected chi connectivity index (χ3v) is 4.28. The molecule has 1 aliphatic carbocycles. The highest BCUT2D eigenvalue weighted by molar-refractivity contribution is 5.85. The van der Waals surface area contributed by atoms with Gasteiger partial charge < -0.3 is 10.0 Å². The Labute approximate surface area is 120 Å². The normalized spacial score (nSPS) is 26.8. The number of aliphatic carboxylic acids is 1. The van der Waals surface area contributed by atoms with Gasteiger partial charge >= 0.3 is 5.97 Å². The molecule has 4 unspecified atom stereocenters. The van der Waals surface area contributed by atoms with Crippen molar-refractivity contribution in [3.63, 3.8) is 0 Å². The molecule has 1 aliphatic rings. The minimum absolute atomic E-state index is 0.0991. The highest BCUT2D eigenvalue weighted by atomic mass is 16.4. The second-order valence-corrected chi connectivity index (χ2v) is 5.70. The lowest BCUT2D eigenvalue weighted by atomic mass is 9.94. The zero-order valence-electron chi connectivity index (χ0n) is 12.5. The number of carbonyl (C=O) groups is 2. The molecule has 0 aromatic carbocycles. The van der Waals surface area contributed by atoms with Crippen LogP contribution in [-0.4, -0.2) is 35.0 Å². The summed E-state index contributed by atoms with van der Waals surface area (Å²) in [4.78, 5) is 25.5. The molecule has 5 heteroatoms. The van der Waals surface area contributed by atoms with Gasteiger partial charge in [-0.05, 0) is 32.6 Å². The first-order valence-electron chi connectivity index (χ1n) is 7.35. The van der Waals surface area contributed by atoms with E-state index in [0.29, 0.717) is 31.8 Å². The van der Waals surface area contributed by atoms with Crippen LogP contribution in [0.25, 0.3) is 0 Å². The van der Waals surface area contributed by atoms with Crippen molar-refractivity contribution in [2.45, 2.75) is 40.0 Å². The zero-order valence-corrected chi connectivity index (χ0v) is 12.5. The van der Waals surface area contributed by atoms with E-state index in [1.54, 1.807) is 11.8 Å². The molecule has 0 heterocycles. The molecule has 1 saturated carbocycles. The largest absolute Gasteiger partial charge is 0.481 e. The fourth-order valence-electron chi connectivity index (χ4n) is 3.00. The average Bonchev–Trinajstić information content (AvgIpc) is 2.88. The standard InChI is InChI=1S/C15H24N2O3/c1-4-11-6-12(13(7-11)15(19)20)14(18)17(5-2)9-10(3)8-16/h10-13H,4-7,9H2,1-3H3,(H,19,20). The number of carboxylic acids is 1. The molecule has 0 bridgehead atoms. The number of amides is 1. The van der Waals surface area contributed by atoms with Gasteiger partial charge in [0.1, 0.15) is 0 Å². The minimum Gasteiger partial charge on any atom is -0.481 e. The molecule has 0 aromatic heterocycles. The van der Waals surface area contributed by atoms with E-state index in [0.717, 1.165) is 6.42 Å². The highest BCUT2D eigenvalue weighted by Gasteiger charge is 2.43. The monoisotopic (exact) mass is 280 g/mol. The Kier molecular flexibility index (Phi) is 6.00. The van der Waals surface area contributed by atoms with E-state index >= 15 is 0 Å². The van der Waals surface area contributed by atoms with Gasteiger partial charge in [0.05, 0.1) is 23.8 Å². The number of carbonyl (C=O) groups excluding carboxylic acids is 1. The average molecular weight is 280 g/mol. The Morgan fingerprint density at radius 3 is 2.40 bits per heavy atom. The smallest absolute Gasteiger partial charge is 0.307 e. The molecule has 1 amide bonds. The van der Waals surface area contributed by atoms with Gasteiger partial charge in [-0.25, -0.2) is 0 Å². The van der Waals surface area contributed by atoms with Gasteiger partial charge in [0.15, 0.2) is 0 Å². The lowest BCUT2D eigenvalue weighted by Crippen LogP contribution is -2.41. The zero-order chi connectivity index (χ0) is 15.3. The third-order valence-electron chi connectivity index (χ3n) is 4.28. The fourth-order valence-corrected chi connectivity index (χ4v) is 3.00. The van der Waals surface area contributed by atoms with Crippen molar-refractivity contribution in [2.75, 3.05) is 13.1 Å². The molecule has 0 spiro atoms. The van der Waals surface area contributed by atoms with Crippen LogP contribution in [0.3, 0.4) is 0 Å². The molecule has 1 N–H and O–H groups in total. The Morgan fingerprint density at radius 2 is 1.95 bits per heavy atom. The Balaban J connectivity index is 2.82. The van der Waals surface area contributed by atoms with Gasteiger partial charge in [-0.2, -0.15) is 5.26 Å². The second kappa shape index (κ2) is 7.28. The van der Waals surface area contributed by atoms with E-state index < -0.39 is 17.8 Å². The molecule has 5 nitrogen and oxygen atoms in total. The van der Waals surface area contributed by atoms with Crippen LogP contribution in [0.4, 0.5) is 0 Å².